The minimum atomic E-state index is -0.105. The molecule has 24 heavy (non-hydrogen) atoms. The Morgan fingerprint density at radius 1 is 1.42 bits per heavy atom. The summed E-state index contributed by atoms with van der Waals surface area (Å²) in [7, 11) is 3.36. The molecule has 2 rings (SSSR count). The Balaban J connectivity index is 2.43. The number of hydrogen-bond donors (Lipinski definition) is 0. The van der Waals surface area contributed by atoms with E-state index in [4.69, 9.17) is 21.7 Å². The van der Waals surface area contributed by atoms with Crippen molar-refractivity contribution in [3.63, 3.8) is 0 Å². The summed E-state index contributed by atoms with van der Waals surface area (Å²) in [5, 5.41) is 0.505. The predicted molar refractivity (Wildman–Crippen MR) is 102 cm³/mol. The number of likely N-dealkylation sites (N-methyl/N-ethyl adjacent to an activating group) is 2. The van der Waals surface area contributed by atoms with Gasteiger partial charge in [-0.1, -0.05) is 12.7 Å². The number of carbonyl (C=O) groups excluding carboxylic acids is 1. The second kappa shape index (κ2) is 7.81. The van der Waals surface area contributed by atoms with Gasteiger partial charge in [-0.25, -0.2) is 0 Å². The molecule has 0 unspecified atom stereocenters. The summed E-state index contributed by atoms with van der Waals surface area (Å²) < 4.78 is 11.7. The SMILES string of the molecule is C=CCOc1c(Br)cc(/C=C2/C(=O)N(CC)C(=S)N2C)cc1OC. The number of thiocarbonyl (C=S) groups is 1. The minimum Gasteiger partial charge on any atom is -0.493 e. The fraction of sp³-hybridized carbons (Fsp3) is 0.294. The van der Waals surface area contributed by atoms with Gasteiger partial charge in [0.15, 0.2) is 16.6 Å². The molecule has 5 nitrogen and oxygen atoms in total. The molecule has 128 valence electrons. The maximum atomic E-state index is 12.5. The standard InChI is InChI=1S/C17H19BrN2O3S/c1-5-7-23-15-12(18)8-11(10-14(15)22-4)9-13-16(21)20(6-2)17(24)19(13)3/h5,8-10H,1,6-7H2,2-4H3/b13-9-. The van der Waals surface area contributed by atoms with Crippen LogP contribution in [0.4, 0.5) is 0 Å². The first kappa shape index (κ1) is 18.5. The lowest BCUT2D eigenvalue weighted by atomic mass is 10.1. The van der Waals surface area contributed by atoms with E-state index in [1.165, 1.54) is 0 Å². The third kappa shape index (κ3) is 3.47. The van der Waals surface area contributed by atoms with Crippen LogP contribution in [0.2, 0.25) is 0 Å². The van der Waals surface area contributed by atoms with Crippen molar-refractivity contribution in [2.45, 2.75) is 6.92 Å². The Labute approximate surface area is 155 Å². The minimum absolute atomic E-state index is 0.105. The molecule has 0 radical (unpaired) electrons. The molecule has 7 heteroatoms. The Kier molecular flexibility index (Phi) is 6.01. The molecule has 1 aromatic carbocycles. The van der Waals surface area contributed by atoms with Crippen molar-refractivity contribution in [1.82, 2.24) is 9.80 Å². The second-order valence-corrected chi connectivity index (χ2v) is 6.27. The first-order valence-corrected chi connectivity index (χ1v) is 8.57. The summed E-state index contributed by atoms with van der Waals surface area (Å²) in [4.78, 5) is 15.7. The molecule has 0 bridgehead atoms. The molecule has 1 heterocycles. The summed E-state index contributed by atoms with van der Waals surface area (Å²) in [5.41, 5.74) is 1.33. The molecule has 0 aliphatic carbocycles. The van der Waals surface area contributed by atoms with E-state index in [1.54, 1.807) is 36.1 Å². The number of ether oxygens (including phenoxy) is 2. The summed E-state index contributed by atoms with van der Waals surface area (Å²) in [6, 6.07) is 3.68. The van der Waals surface area contributed by atoms with Crippen LogP contribution < -0.4 is 9.47 Å². The van der Waals surface area contributed by atoms with Gasteiger partial charge in [0.2, 0.25) is 0 Å². The van der Waals surface area contributed by atoms with Gasteiger partial charge in [-0.3, -0.25) is 9.69 Å². The van der Waals surface area contributed by atoms with Gasteiger partial charge in [0.1, 0.15) is 12.3 Å². The fourth-order valence-corrected chi connectivity index (χ4v) is 3.24. The molecule has 0 atom stereocenters. The van der Waals surface area contributed by atoms with Crippen LogP contribution in [0.25, 0.3) is 6.08 Å². The van der Waals surface area contributed by atoms with Gasteiger partial charge in [-0.15, -0.1) is 0 Å². The molecule has 1 aliphatic rings. The topological polar surface area (TPSA) is 42.0 Å². The van der Waals surface area contributed by atoms with Crippen molar-refractivity contribution in [3.05, 3.63) is 40.5 Å². The van der Waals surface area contributed by atoms with Crippen LogP contribution in [-0.2, 0) is 4.79 Å². The monoisotopic (exact) mass is 410 g/mol. The molecule has 1 aromatic rings. The molecular formula is C17H19BrN2O3S. The summed E-state index contributed by atoms with van der Waals surface area (Å²) >= 11 is 8.79. The van der Waals surface area contributed by atoms with Crippen molar-refractivity contribution >= 4 is 45.2 Å². The number of hydrogen-bond acceptors (Lipinski definition) is 4. The maximum Gasteiger partial charge on any atom is 0.276 e. The highest BCUT2D eigenvalue weighted by Crippen LogP contribution is 2.37. The van der Waals surface area contributed by atoms with Gasteiger partial charge in [0.05, 0.1) is 11.6 Å². The van der Waals surface area contributed by atoms with Crippen molar-refractivity contribution in [1.29, 1.82) is 0 Å². The van der Waals surface area contributed by atoms with E-state index in [1.807, 2.05) is 19.1 Å². The molecule has 0 aromatic heterocycles. The highest BCUT2D eigenvalue weighted by atomic mass is 79.9. The van der Waals surface area contributed by atoms with Gasteiger partial charge >= 0.3 is 0 Å². The number of rotatable bonds is 6. The second-order valence-electron chi connectivity index (χ2n) is 5.05. The fourth-order valence-electron chi connectivity index (χ4n) is 2.35. The summed E-state index contributed by atoms with van der Waals surface area (Å²) in [5.74, 6) is 1.06. The highest BCUT2D eigenvalue weighted by Gasteiger charge is 2.34. The Bertz CT molecular complexity index is 718. The predicted octanol–water partition coefficient (Wildman–Crippen LogP) is 3.44. The van der Waals surface area contributed by atoms with Crippen LogP contribution in [-0.4, -0.2) is 48.1 Å². The van der Waals surface area contributed by atoms with Crippen molar-refractivity contribution in [3.8, 4) is 11.5 Å². The smallest absolute Gasteiger partial charge is 0.276 e. The molecular weight excluding hydrogens is 392 g/mol. The van der Waals surface area contributed by atoms with Gasteiger partial charge < -0.3 is 14.4 Å². The van der Waals surface area contributed by atoms with E-state index in [0.717, 1.165) is 10.0 Å². The number of nitrogens with zero attached hydrogens (tertiary/aromatic N) is 2. The number of carbonyl (C=O) groups is 1. The third-order valence-electron chi connectivity index (χ3n) is 3.56. The van der Waals surface area contributed by atoms with Crippen molar-refractivity contribution in [2.24, 2.45) is 0 Å². The van der Waals surface area contributed by atoms with Crippen LogP contribution in [0.3, 0.4) is 0 Å². The van der Waals surface area contributed by atoms with Crippen molar-refractivity contribution < 1.29 is 14.3 Å². The van der Waals surface area contributed by atoms with Crippen LogP contribution in [0.5, 0.6) is 11.5 Å². The molecule has 1 fully saturated rings. The van der Waals surface area contributed by atoms with E-state index in [9.17, 15) is 4.79 Å². The molecule has 1 amide bonds. The zero-order chi connectivity index (χ0) is 17.9. The summed E-state index contributed by atoms with van der Waals surface area (Å²) in [6.07, 6.45) is 3.45. The van der Waals surface area contributed by atoms with Crippen LogP contribution in [0, 0.1) is 0 Å². The third-order valence-corrected chi connectivity index (χ3v) is 4.64. The molecule has 0 spiro atoms. The lowest BCUT2D eigenvalue weighted by Crippen LogP contribution is -2.30. The number of amides is 1. The van der Waals surface area contributed by atoms with E-state index in [-0.39, 0.29) is 5.91 Å². The largest absolute Gasteiger partial charge is 0.493 e. The zero-order valence-corrected chi connectivity index (χ0v) is 16.2. The average Bonchev–Trinajstić information content (AvgIpc) is 2.76. The van der Waals surface area contributed by atoms with E-state index in [2.05, 4.69) is 22.5 Å². The van der Waals surface area contributed by atoms with E-state index in [0.29, 0.717) is 35.5 Å². The molecule has 1 saturated heterocycles. The zero-order valence-electron chi connectivity index (χ0n) is 13.8. The van der Waals surface area contributed by atoms with Crippen LogP contribution in [0.1, 0.15) is 12.5 Å². The highest BCUT2D eigenvalue weighted by molar-refractivity contribution is 9.10. The summed E-state index contributed by atoms with van der Waals surface area (Å²) in [6.45, 7) is 6.44. The van der Waals surface area contributed by atoms with Gasteiger partial charge in [0.25, 0.3) is 5.91 Å². The van der Waals surface area contributed by atoms with Crippen LogP contribution >= 0.6 is 28.1 Å². The average molecular weight is 411 g/mol. The Morgan fingerprint density at radius 2 is 2.12 bits per heavy atom. The van der Waals surface area contributed by atoms with Crippen molar-refractivity contribution in [2.75, 3.05) is 27.3 Å². The van der Waals surface area contributed by atoms with E-state index < -0.39 is 0 Å². The Hall–Kier alpha value is -1.86. The number of halogens is 1. The van der Waals surface area contributed by atoms with Gasteiger partial charge in [0, 0.05) is 13.6 Å². The molecule has 1 aliphatic heterocycles. The first-order chi connectivity index (χ1) is 11.4. The van der Waals surface area contributed by atoms with E-state index >= 15 is 0 Å². The number of methoxy groups -OCH3 is 1. The molecule has 0 N–H and O–H groups in total. The molecule has 0 saturated carbocycles. The van der Waals surface area contributed by atoms with Gasteiger partial charge in [-0.05, 0) is 58.8 Å². The normalized spacial score (nSPS) is 16.1. The maximum absolute atomic E-state index is 12.5. The quantitative estimate of drug-likeness (QED) is 0.408. The van der Waals surface area contributed by atoms with Crippen LogP contribution in [0.15, 0.2) is 35.0 Å². The first-order valence-electron chi connectivity index (χ1n) is 7.37. The lowest BCUT2D eigenvalue weighted by Gasteiger charge is -2.14. The number of benzene rings is 1. The lowest BCUT2D eigenvalue weighted by molar-refractivity contribution is -0.122. The van der Waals surface area contributed by atoms with Gasteiger partial charge in [-0.2, -0.15) is 0 Å². The Morgan fingerprint density at radius 3 is 2.67 bits per heavy atom.